The van der Waals surface area contributed by atoms with E-state index in [0.29, 0.717) is 0 Å². The van der Waals surface area contributed by atoms with Gasteiger partial charge in [-0.1, -0.05) is 17.7 Å². The number of imidazole rings is 1. The summed E-state index contributed by atoms with van der Waals surface area (Å²) in [5.41, 5.74) is 7.16. The number of fused-ring (bicyclic) bond motifs is 1. The molecule has 4 rings (SSSR count). The maximum Gasteiger partial charge on any atom is 0.144 e. The van der Waals surface area contributed by atoms with Crippen LogP contribution in [-0.4, -0.2) is 14.5 Å². The normalized spacial score (nSPS) is 11.3. The second-order valence-corrected chi connectivity index (χ2v) is 7.52. The van der Waals surface area contributed by atoms with Gasteiger partial charge in [0.1, 0.15) is 5.82 Å². The largest absolute Gasteiger partial charge is 0.299 e. The van der Waals surface area contributed by atoms with E-state index in [0.717, 1.165) is 21.9 Å². The number of hydrogen-bond acceptors (Lipinski definition) is 3. The number of nitrogens with zero attached hydrogens (tertiary/aromatic N) is 3. The van der Waals surface area contributed by atoms with Crippen LogP contribution < -0.4 is 0 Å². The number of aromatic nitrogens is 3. The predicted molar refractivity (Wildman–Crippen MR) is 101 cm³/mol. The lowest BCUT2D eigenvalue weighted by molar-refractivity contribution is 1.03. The SMILES string of the molecule is Cc1cc(C)c(-n2ccnc2-c2ccc3sc(C)nc3c2)c(C)c1. The molecular weight excluding hydrogens is 314 g/mol. The second-order valence-electron chi connectivity index (χ2n) is 6.28. The highest BCUT2D eigenvalue weighted by Crippen LogP contribution is 2.30. The lowest BCUT2D eigenvalue weighted by Crippen LogP contribution is -2.02. The van der Waals surface area contributed by atoms with Crippen LogP contribution >= 0.6 is 11.3 Å². The highest BCUT2D eigenvalue weighted by atomic mass is 32.1. The number of thiazole rings is 1. The molecule has 120 valence electrons. The molecule has 2 aromatic carbocycles. The highest BCUT2D eigenvalue weighted by Gasteiger charge is 2.13. The van der Waals surface area contributed by atoms with Gasteiger partial charge in [-0.05, 0) is 57.0 Å². The first-order valence-corrected chi connectivity index (χ1v) is 8.84. The first-order valence-electron chi connectivity index (χ1n) is 8.02. The Morgan fingerprint density at radius 2 is 1.71 bits per heavy atom. The highest BCUT2D eigenvalue weighted by molar-refractivity contribution is 7.18. The third-order valence-corrected chi connectivity index (χ3v) is 5.22. The van der Waals surface area contributed by atoms with Crippen LogP contribution in [0.25, 0.3) is 27.3 Å². The van der Waals surface area contributed by atoms with Gasteiger partial charge in [0, 0.05) is 18.0 Å². The molecule has 0 bridgehead atoms. The van der Waals surface area contributed by atoms with Crippen molar-refractivity contribution in [2.75, 3.05) is 0 Å². The summed E-state index contributed by atoms with van der Waals surface area (Å²) in [5.74, 6) is 0.956. The molecule has 0 unspecified atom stereocenters. The summed E-state index contributed by atoms with van der Waals surface area (Å²) in [7, 11) is 0. The molecule has 3 nitrogen and oxygen atoms in total. The van der Waals surface area contributed by atoms with E-state index in [-0.39, 0.29) is 0 Å². The smallest absolute Gasteiger partial charge is 0.144 e. The quantitative estimate of drug-likeness (QED) is 0.493. The Morgan fingerprint density at radius 3 is 2.46 bits per heavy atom. The van der Waals surface area contributed by atoms with Crippen LogP contribution in [0, 0.1) is 27.7 Å². The van der Waals surface area contributed by atoms with Crippen LogP contribution in [0.1, 0.15) is 21.7 Å². The van der Waals surface area contributed by atoms with Gasteiger partial charge < -0.3 is 0 Å². The number of benzene rings is 2. The van der Waals surface area contributed by atoms with Gasteiger partial charge in [-0.25, -0.2) is 9.97 Å². The zero-order chi connectivity index (χ0) is 16.8. The van der Waals surface area contributed by atoms with Gasteiger partial charge in [0.15, 0.2) is 0 Å². The average molecular weight is 333 g/mol. The van der Waals surface area contributed by atoms with E-state index in [4.69, 9.17) is 0 Å². The minimum absolute atomic E-state index is 0.956. The van der Waals surface area contributed by atoms with E-state index in [2.05, 4.69) is 65.6 Å². The maximum atomic E-state index is 4.62. The Labute approximate surface area is 145 Å². The van der Waals surface area contributed by atoms with E-state index in [1.54, 1.807) is 11.3 Å². The third-order valence-electron chi connectivity index (χ3n) is 4.27. The summed E-state index contributed by atoms with van der Waals surface area (Å²) in [5, 5.41) is 1.09. The van der Waals surface area contributed by atoms with Crippen LogP contribution in [0.3, 0.4) is 0 Å². The molecule has 2 heterocycles. The molecule has 0 fully saturated rings. The van der Waals surface area contributed by atoms with Crippen LogP contribution in [0.2, 0.25) is 0 Å². The minimum Gasteiger partial charge on any atom is -0.299 e. The molecule has 0 N–H and O–H groups in total. The summed E-state index contributed by atoms with van der Waals surface area (Å²) >= 11 is 1.73. The summed E-state index contributed by atoms with van der Waals surface area (Å²) in [6.45, 7) is 8.50. The first-order chi connectivity index (χ1) is 11.5. The van der Waals surface area contributed by atoms with Crippen LogP contribution in [0.5, 0.6) is 0 Å². The van der Waals surface area contributed by atoms with Gasteiger partial charge in [-0.3, -0.25) is 4.57 Å². The predicted octanol–water partition coefficient (Wildman–Crippen LogP) is 5.38. The molecular formula is C20H19N3S. The maximum absolute atomic E-state index is 4.62. The van der Waals surface area contributed by atoms with Crippen molar-refractivity contribution in [3.63, 3.8) is 0 Å². The number of rotatable bonds is 2. The van der Waals surface area contributed by atoms with Crippen LogP contribution in [0.4, 0.5) is 0 Å². The van der Waals surface area contributed by atoms with Crippen molar-refractivity contribution >= 4 is 21.6 Å². The summed E-state index contributed by atoms with van der Waals surface area (Å²) in [4.78, 5) is 9.23. The van der Waals surface area contributed by atoms with Crippen molar-refractivity contribution in [1.82, 2.24) is 14.5 Å². The fourth-order valence-corrected chi connectivity index (χ4v) is 4.24. The number of hydrogen-bond donors (Lipinski definition) is 0. The van der Waals surface area contributed by atoms with E-state index in [9.17, 15) is 0 Å². The van der Waals surface area contributed by atoms with Gasteiger partial charge in [0.05, 0.1) is 20.9 Å². The average Bonchev–Trinajstić information content (AvgIpc) is 3.10. The lowest BCUT2D eigenvalue weighted by atomic mass is 10.0. The molecule has 0 amide bonds. The Morgan fingerprint density at radius 1 is 0.958 bits per heavy atom. The molecule has 4 heteroatoms. The van der Waals surface area contributed by atoms with Crippen molar-refractivity contribution < 1.29 is 0 Å². The molecule has 0 aliphatic heterocycles. The molecule has 4 aromatic rings. The Hall–Kier alpha value is -2.46. The van der Waals surface area contributed by atoms with E-state index in [1.807, 2.05) is 19.3 Å². The van der Waals surface area contributed by atoms with Crippen LogP contribution in [-0.2, 0) is 0 Å². The van der Waals surface area contributed by atoms with Gasteiger partial charge in [0.25, 0.3) is 0 Å². The van der Waals surface area contributed by atoms with Crippen molar-refractivity contribution in [2.45, 2.75) is 27.7 Å². The molecule has 2 aromatic heterocycles. The summed E-state index contributed by atoms with van der Waals surface area (Å²) < 4.78 is 3.40. The van der Waals surface area contributed by atoms with Crippen molar-refractivity contribution in [1.29, 1.82) is 0 Å². The first kappa shape index (κ1) is 15.1. The standard InChI is InChI=1S/C20H19N3S/c1-12-9-13(2)19(14(3)10-12)23-8-7-21-20(23)16-5-6-18-17(11-16)22-15(4)24-18/h5-11H,1-4H3. The Kier molecular flexibility index (Phi) is 3.50. The lowest BCUT2D eigenvalue weighted by Gasteiger charge is -2.15. The zero-order valence-electron chi connectivity index (χ0n) is 14.3. The van der Waals surface area contributed by atoms with E-state index < -0.39 is 0 Å². The molecule has 0 saturated heterocycles. The monoisotopic (exact) mass is 333 g/mol. The van der Waals surface area contributed by atoms with Gasteiger partial charge in [0.2, 0.25) is 0 Å². The molecule has 0 saturated carbocycles. The van der Waals surface area contributed by atoms with E-state index >= 15 is 0 Å². The molecule has 24 heavy (non-hydrogen) atoms. The molecule has 0 spiro atoms. The second kappa shape index (κ2) is 5.56. The Bertz CT molecular complexity index is 1030. The van der Waals surface area contributed by atoms with Crippen LogP contribution in [0.15, 0.2) is 42.7 Å². The topological polar surface area (TPSA) is 30.7 Å². The Balaban J connectivity index is 1.91. The van der Waals surface area contributed by atoms with Crippen molar-refractivity contribution in [3.8, 4) is 17.1 Å². The van der Waals surface area contributed by atoms with Crippen molar-refractivity contribution in [3.05, 3.63) is 64.4 Å². The summed E-state index contributed by atoms with van der Waals surface area (Å²) in [6.07, 6.45) is 3.90. The molecule has 0 aliphatic rings. The molecule has 0 radical (unpaired) electrons. The third kappa shape index (κ3) is 2.43. The fourth-order valence-electron chi connectivity index (χ4n) is 3.43. The van der Waals surface area contributed by atoms with Gasteiger partial charge in [-0.2, -0.15) is 0 Å². The molecule has 0 atom stereocenters. The van der Waals surface area contributed by atoms with Gasteiger partial charge >= 0.3 is 0 Å². The fraction of sp³-hybridized carbons (Fsp3) is 0.200. The van der Waals surface area contributed by atoms with E-state index in [1.165, 1.54) is 27.1 Å². The summed E-state index contributed by atoms with van der Waals surface area (Å²) in [6, 6.07) is 10.9. The van der Waals surface area contributed by atoms with Gasteiger partial charge in [-0.15, -0.1) is 11.3 Å². The number of aryl methyl sites for hydroxylation is 4. The minimum atomic E-state index is 0.956. The van der Waals surface area contributed by atoms with Crippen molar-refractivity contribution in [2.24, 2.45) is 0 Å². The molecule has 0 aliphatic carbocycles. The zero-order valence-corrected chi connectivity index (χ0v) is 15.1.